The zero-order valence-electron chi connectivity index (χ0n) is 13.2. The zero-order chi connectivity index (χ0) is 18.0. The number of hydrogen-bond donors (Lipinski definition) is 1. The number of benzene rings is 3. The van der Waals surface area contributed by atoms with Crippen molar-refractivity contribution in [3.05, 3.63) is 71.2 Å². The van der Waals surface area contributed by atoms with E-state index < -0.39 is 16.0 Å². The van der Waals surface area contributed by atoms with Crippen molar-refractivity contribution < 1.29 is 17.9 Å². The standard InChI is InChI=1S/C18H14ClNO4S/c1-24-18(21)13-9-10-17(15(19)11-13)25(22,23)20-16-8-4-6-12-5-2-3-7-14(12)16/h2-11,20H,1H3. The SMILES string of the molecule is COC(=O)c1ccc(S(=O)(=O)Nc2cccc3ccccc23)c(Cl)c1. The minimum absolute atomic E-state index is 0.0596. The summed E-state index contributed by atoms with van der Waals surface area (Å²) in [5.41, 5.74) is 0.628. The van der Waals surface area contributed by atoms with Gasteiger partial charge in [-0.3, -0.25) is 4.72 Å². The highest BCUT2D eigenvalue weighted by molar-refractivity contribution is 7.92. The summed E-state index contributed by atoms with van der Waals surface area (Å²) in [5.74, 6) is -0.590. The summed E-state index contributed by atoms with van der Waals surface area (Å²) in [7, 11) is -2.68. The first kappa shape index (κ1) is 17.3. The third kappa shape index (κ3) is 3.45. The van der Waals surface area contributed by atoms with Gasteiger partial charge >= 0.3 is 5.97 Å². The Morgan fingerprint density at radius 2 is 1.76 bits per heavy atom. The molecule has 7 heteroatoms. The number of sulfonamides is 1. The van der Waals surface area contributed by atoms with Gasteiger partial charge in [0.2, 0.25) is 0 Å². The van der Waals surface area contributed by atoms with Crippen LogP contribution in [-0.4, -0.2) is 21.5 Å². The molecule has 3 aromatic rings. The van der Waals surface area contributed by atoms with Crippen LogP contribution < -0.4 is 4.72 Å². The van der Waals surface area contributed by atoms with E-state index in [2.05, 4.69) is 9.46 Å². The maximum Gasteiger partial charge on any atom is 0.337 e. The number of fused-ring (bicyclic) bond motifs is 1. The summed E-state index contributed by atoms with van der Waals surface area (Å²) < 4.78 is 32.6. The van der Waals surface area contributed by atoms with Crippen molar-refractivity contribution in [1.82, 2.24) is 0 Å². The summed E-state index contributed by atoms with van der Waals surface area (Å²) in [6.07, 6.45) is 0. The van der Waals surface area contributed by atoms with E-state index in [1.807, 2.05) is 30.3 Å². The number of carbonyl (C=O) groups excluding carboxylic acids is 1. The molecule has 25 heavy (non-hydrogen) atoms. The third-order valence-corrected chi connectivity index (χ3v) is 5.52. The van der Waals surface area contributed by atoms with E-state index in [9.17, 15) is 13.2 Å². The quantitative estimate of drug-likeness (QED) is 0.697. The Labute approximate surface area is 150 Å². The van der Waals surface area contributed by atoms with Gasteiger partial charge in [-0.25, -0.2) is 13.2 Å². The van der Waals surface area contributed by atoms with E-state index in [1.165, 1.54) is 25.3 Å². The average Bonchev–Trinajstić information content (AvgIpc) is 2.60. The molecule has 0 saturated heterocycles. The van der Waals surface area contributed by atoms with E-state index in [1.54, 1.807) is 12.1 Å². The van der Waals surface area contributed by atoms with Crippen LogP contribution in [0.3, 0.4) is 0 Å². The number of esters is 1. The fourth-order valence-electron chi connectivity index (χ4n) is 2.48. The van der Waals surface area contributed by atoms with Gasteiger partial charge in [0.1, 0.15) is 4.90 Å². The minimum atomic E-state index is -3.92. The molecule has 0 aliphatic carbocycles. The van der Waals surface area contributed by atoms with Crippen molar-refractivity contribution in [2.45, 2.75) is 4.90 Å². The summed E-state index contributed by atoms with van der Waals surface area (Å²) in [4.78, 5) is 11.4. The Kier molecular flexibility index (Phi) is 4.65. The molecule has 0 amide bonds. The van der Waals surface area contributed by atoms with Gasteiger partial charge in [-0.1, -0.05) is 48.0 Å². The number of carbonyl (C=O) groups is 1. The summed E-state index contributed by atoms with van der Waals surface area (Å²) in [6.45, 7) is 0. The monoisotopic (exact) mass is 375 g/mol. The van der Waals surface area contributed by atoms with E-state index >= 15 is 0 Å². The summed E-state index contributed by atoms with van der Waals surface area (Å²) >= 11 is 6.07. The number of ether oxygens (including phenoxy) is 1. The van der Waals surface area contributed by atoms with Gasteiger partial charge in [-0.05, 0) is 29.7 Å². The molecule has 3 aromatic carbocycles. The van der Waals surface area contributed by atoms with E-state index in [0.717, 1.165) is 10.8 Å². The van der Waals surface area contributed by atoms with Crippen LogP contribution >= 0.6 is 11.6 Å². The molecule has 0 radical (unpaired) electrons. The topological polar surface area (TPSA) is 72.5 Å². The molecule has 3 rings (SSSR count). The second-order valence-electron chi connectivity index (χ2n) is 5.27. The lowest BCUT2D eigenvalue weighted by Crippen LogP contribution is -2.14. The molecule has 0 spiro atoms. The lowest BCUT2D eigenvalue weighted by atomic mass is 10.1. The summed E-state index contributed by atoms with van der Waals surface area (Å²) in [6, 6.07) is 16.7. The zero-order valence-corrected chi connectivity index (χ0v) is 14.8. The second kappa shape index (κ2) is 6.74. The molecule has 0 fully saturated rings. The number of rotatable bonds is 4. The number of methoxy groups -OCH3 is 1. The van der Waals surface area contributed by atoms with Crippen molar-refractivity contribution in [3.8, 4) is 0 Å². The van der Waals surface area contributed by atoms with Crippen LogP contribution in [0.4, 0.5) is 5.69 Å². The van der Waals surface area contributed by atoms with E-state index in [0.29, 0.717) is 5.69 Å². The van der Waals surface area contributed by atoms with Crippen LogP contribution in [0.25, 0.3) is 10.8 Å². The van der Waals surface area contributed by atoms with Crippen molar-refractivity contribution in [3.63, 3.8) is 0 Å². The van der Waals surface area contributed by atoms with Crippen LogP contribution in [0.15, 0.2) is 65.6 Å². The van der Waals surface area contributed by atoms with Crippen LogP contribution in [-0.2, 0) is 14.8 Å². The normalized spacial score (nSPS) is 11.3. The molecule has 0 aromatic heterocycles. The third-order valence-electron chi connectivity index (χ3n) is 3.68. The van der Waals surface area contributed by atoms with Crippen LogP contribution in [0.1, 0.15) is 10.4 Å². The molecular formula is C18H14ClNO4S. The van der Waals surface area contributed by atoms with Crippen molar-refractivity contribution in [2.24, 2.45) is 0 Å². The highest BCUT2D eigenvalue weighted by atomic mass is 35.5. The smallest absolute Gasteiger partial charge is 0.337 e. The fraction of sp³-hybridized carbons (Fsp3) is 0.0556. The van der Waals surface area contributed by atoms with Crippen molar-refractivity contribution >= 4 is 44.1 Å². The van der Waals surface area contributed by atoms with Crippen LogP contribution in [0, 0.1) is 0 Å². The van der Waals surface area contributed by atoms with Crippen LogP contribution in [0.2, 0.25) is 5.02 Å². The number of nitrogens with one attached hydrogen (secondary N) is 1. The first-order valence-electron chi connectivity index (χ1n) is 7.31. The Balaban J connectivity index is 2.01. The first-order chi connectivity index (χ1) is 11.9. The maximum atomic E-state index is 12.7. The molecule has 0 aliphatic rings. The molecule has 0 unspecified atom stereocenters. The molecular weight excluding hydrogens is 362 g/mol. The lowest BCUT2D eigenvalue weighted by Gasteiger charge is -2.12. The maximum absolute atomic E-state index is 12.7. The minimum Gasteiger partial charge on any atom is -0.465 e. The largest absolute Gasteiger partial charge is 0.465 e. The van der Waals surface area contributed by atoms with Gasteiger partial charge in [-0.2, -0.15) is 0 Å². The van der Waals surface area contributed by atoms with Crippen LogP contribution in [0.5, 0.6) is 0 Å². The highest BCUT2D eigenvalue weighted by Crippen LogP contribution is 2.28. The molecule has 5 nitrogen and oxygen atoms in total. The second-order valence-corrected chi connectivity index (χ2v) is 7.33. The Hall–Kier alpha value is -2.57. The van der Waals surface area contributed by atoms with Crippen molar-refractivity contribution in [2.75, 3.05) is 11.8 Å². The van der Waals surface area contributed by atoms with E-state index in [-0.39, 0.29) is 15.5 Å². The predicted octanol–water partition coefficient (Wildman–Crippen LogP) is 4.08. The Morgan fingerprint density at radius 1 is 1.04 bits per heavy atom. The molecule has 0 aliphatic heterocycles. The Morgan fingerprint density at radius 3 is 2.48 bits per heavy atom. The number of halogens is 1. The van der Waals surface area contributed by atoms with E-state index in [4.69, 9.17) is 11.6 Å². The average molecular weight is 376 g/mol. The molecule has 0 atom stereocenters. The lowest BCUT2D eigenvalue weighted by molar-refractivity contribution is 0.0600. The summed E-state index contributed by atoms with van der Waals surface area (Å²) in [5, 5.41) is 1.63. The molecule has 0 saturated carbocycles. The van der Waals surface area contributed by atoms with Gasteiger partial charge in [0.15, 0.2) is 0 Å². The first-order valence-corrected chi connectivity index (χ1v) is 9.17. The molecule has 0 heterocycles. The number of hydrogen-bond acceptors (Lipinski definition) is 4. The van der Waals surface area contributed by atoms with Gasteiger partial charge < -0.3 is 4.74 Å². The highest BCUT2D eigenvalue weighted by Gasteiger charge is 2.20. The fourth-order valence-corrected chi connectivity index (χ4v) is 4.10. The van der Waals surface area contributed by atoms with Crippen molar-refractivity contribution in [1.29, 1.82) is 0 Å². The predicted molar refractivity (Wildman–Crippen MR) is 97.5 cm³/mol. The Bertz CT molecular complexity index is 1060. The van der Waals surface area contributed by atoms with Gasteiger partial charge in [0.25, 0.3) is 10.0 Å². The van der Waals surface area contributed by atoms with Gasteiger partial charge in [0, 0.05) is 5.39 Å². The molecule has 0 bridgehead atoms. The number of anilines is 1. The molecule has 1 N–H and O–H groups in total. The molecule has 128 valence electrons. The van der Waals surface area contributed by atoms with Gasteiger partial charge in [-0.15, -0.1) is 0 Å². The van der Waals surface area contributed by atoms with Gasteiger partial charge in [0.05, 0.1) is 23.4 Å².